The molecule has 4 rings (SSSR count). The minimum Gasteiger partial charge on any atom is -0.468 e. The molecule has 0 spiro atoms. The van der Waals surface area contributed by atoms with Crippen molar-refractivity contribution in [2.24, 2.45) is 22.5 Å². The van der Waals surface area contributed by atoms with Crippen LogP contribution in [0.1, 0.15) is 32.1 Å². The summed E-state index contributed by atoms with van der Waals surface area (Å²) in [5.41, 5.74) is 6.66. The first-order valence-electron chi connectivity index (χ1n) is 5.45. The van der Waals surface area contributed by atoms with Crippen molar-refractivity contribution < 1.29 is 9.53 Å². The van der Waals surface area contributed by atoms with Crippen molar-refractivity contribution in [3.05, 3.63) is 0 Å². The van der Waals surface area contributed by atoms with Gasteiger partial charge in [0.25, 0.3) is 0 Å². The van der Waals surface area contributed by atoms with Gasteiger partial charge in [-0.3, -0.25) is 4.79 Å². The van der Waals surface area contributed by atoms with Crippen LogP contribution in [0.15, 0.2) is 0 Å². The first-order valence-corrected chi connectivity index (χ1v) is 5.45. The minimum atomic E-state index is -0.367. The minimum absolute atomic E-state index is 0.135. The van der Waals surface area contributed by atoms with Gasteiger partial charge < -0.3 is 10.5 Å². The molecule has 14 heavy (non-hydrogen) atoms. The molecular formula is C11H17NO2. The Bertz CT molecular complexity index is 276. The van der Waals surface area contributed by atoms with Gasteiger partial charge in [0, 0.05) is 0 Å². The molecule has 1 atom stereocenters. The summed E-state index contributed by atoms with van der Waals surface area (Å²) >= 11 is 0. The van der Waals surface area contributed by atoms with Crippen LogP contribution in [0.4, 0.5) is 0 Å². The van der Waals surface area contributed by atoms with E-state index in [1.54, 1.807) is 0 Å². The number of esters is 1. The molecule has 3 nitrogen and oxygen atoms in total. The first-order chi connectivity index (χ1) is 6.62. The smallest absolute Gasteiger partial charge is 0.323 e. The predicted octanol–water partition coefficient (Wildman–Crippen LogP) is 1.07. The monoisotopic (exact) mass is 195 g/mol. The average Bonchev–Trinajstić information content (AvgIpc) is 2.81. The zero-order valence-corrected chi connectivity index (χ0v) is 8.58. The molecular weight excluding hydrogens is 178 g/mol. The van der Waals surface area contributed by atoms with Crippen LogP contribution in [0.2, 0.25) is 0 Å². The fourth-order valence-electron chi connectivity index (χ4n) is 3.78. The van der Waals surface area contributed by atoms with Crippen molar-refractivity contribution in [2.45, 2.75) is 38.1 Å². The van der Waals surface area contributed by atoms with E-state index in [2.05, 4.69) is 0 Å². The summed E-state index contributed by atoms with van der Waals surface area (Å²) in [5.74, 6) is 0.739. The van der Waals surface area contributed by atoms with Crippen LogP contribution in [0, 0.1) is 16.7 Å². The maximum atomic E-state index is 11.3. The highest BCUT2D eigenvalue weighted by atomic mass is 16.5. The van der Waals surface area contributed by atoms with Crippen LogP contribution >= 0.6 is 0 Å². The average molecular weight is 195 g/mol. The summed E-state index contributed by atoms with van der Waals surface area (Å²) < 4.78 is 4.70. The van der Waals surface area contributed by atoms with E-state index in [1.165, 1.54) is 39.2 Å². The second-order valence-electron chi connectivity index (χ2n) is 5.53. The Labute approximate surface area is 84.0 Å². The van der Waals surface area contributed by atoms with Crippen molar-refractivity contribution in [2.75, 3.05) is 7.11 Å². The Kier molecular flexibility index (Phi) is 1.45. The number of hydrogen-bond acceptors (Lipinski definition) is 3. The lowest BCUT2D eigenvalue weighted by molar-refractivity contribution is -0.232. The Balaban J connectivity index is 1.65. The third-order valence-corrected chi connectivity index (χ3v) is 4.67. The summed E-state index contributed by atoms with van der Waals surface area (Å²) in [7, 11) is 1.42. The van der Waals surface area contributed by atoms with Gasteiger partial charge in [-0.2, -0.15) is 0 Å². The van der Waals surface area contributed by atoms with E-state index in [4.69, 9.17) is 10.5 Å². The number of methoxy groups -OCH3 is 1. The second kappa shape index (κ2) is 2.32. The Morgan fingerprint density at radius 2 is 2.00 bits per heavy atom. The van der Waals surface area contributed by atoms with E-state index in [-0.39, 0.29) is 17.4 Å². The standard InChI is InChI=1S/C11H17NO2/c1-14-9(13)8(12)11-4-10(5-11,6-11)7-2-3-7/h7-8H,2-6,12H2,1H3. The van der Waals surface area contributed by atoms with Crippen molar-refractivity contribution in [3.63, 3.8) is 0 Å². The van der Waals surface area contributed by atoms with E-state index >= 15 is 0 Å². The molecule has 2 bridgehead atoms. The lowest BCUT2D eigenvalue weighted by Gasteiger charge is -2.73. The van der Waals surface area contributed by atoms with Gasteiger partial charge in [-0.25, -0.2) is 0 Å². The molecule has 1 unspecified atom stereocenters. The van der Waals surface area contributed by atoms with Gasteiger partial charge >= 0.3 is 5.97 Å². The number of ether oxygens (including phenoxy) is 1. The molecule has 4 saturated carbocycles. The van der Waals surface area contributed by atoms with E-state index in [9.17, 15) is 4.79 Å². The van der Waals surface area contributed by atoms with Gasteiger partial charge in [0.1, 0.15) is 6.04 Å². The quantitative estimate of drug-likeness (QED) is 0.685. The van der Waals surface area contributed by atoms with Crippen molar-refractivity contribution in [1.29, 1.82) is 0 Å². The summed E-state index contributed by atoms with van der Waals surface area (Å²) in [5, 5.41) is 0. The van der Waals surface area contributed by atoms with Crippen molar-refractivity contribution in [1.82, 2.24) is 0 Å². The Morgan fingerprint density at radius 1 is 1.43 bits per heavy atom. The van der Waals surface area contributed by atoms with Crippen molar-refractivity contribution >= 4 is 5.97 Å². The van der Waals surface area contributed by atoms with Gasteiger partial charge in [-0.1, -0.05) is 0 Å². The fourth-order valence-corrected chi connectivity index (χ4v) is 3.78. The Morgan fingerprint density at radius 3 is 2.43 bits per heavy atom. The number of rotatable bonds is 3. The number of carbonyl (C=O) groups excluding carboxylic acids is 1. The summed E-state index contributed by atoms with van der Waals surface area (Å²) in [6.45, 7) is 0. The van der Waals surface area contributed by atoms with Crippen LogP contribution in [-0.2, 0) is 9.53 Å². The van der Waals surface area contributed by atoms with Crippen molar-refractivity contribution in [3.8, 4) is 0 Å². The van der Waals surface area contributed by atoms with E-state index in [0.29, 0.717) is 5.41 Å². The predicted molar refractivity (Wildman–Crippen MR) is 51.4 cm³/mol. The number of carbonyl (C=O) groups is 1. The summed E-state index contributed by atoms with van der Waals surface area (Å²) in [6.07, 6.45) is 6.36. The highest BCUT2D eigenvalue weighted by Gasteiger charge is 2.74. The largest absolute Gasteiger partial charge is 0.468 e. The molecule has 4 aliphatic carbocycles. The van der Waals surface area contributed by atoms with Gasteiger partial charge in [0.2, 0.25) is 0 Å². The third-order valence-electron chi connectivity index (χ3n) is 4.67. The second-order valence-corrected chi connectivity index (χ2v) is 5.53. The van der Waals surface area contributed by atoms with Crippen LogP contribution < -0.4 is 5.73 Å². The van der Waals surface area contributed by atoms with Crippen LogP contribution in [-0.4, -0.2) is 19.1 Å². The van der Waals surface area contributed by atoms with E-state index in [1.807, 2.05) is 0 Å². The van der Waals surface area contributed by atoms with Gasteiger partial charge in [0.15, 0.2) is 0 Å². The molecule has 0 aromatic heterocycles. The molecule has 0 aromatic rings. The van der Waals surface area contributed by atoms with Gasteiger partial charge in [-0.15, -0.1) is 0 Å². The molecule has 0 radical (unpaired) electrons. The summed E-state index contributed by atoms with van der Waals surface area (Å²) in [4.78, 5) is 11.3. The highest BCUT2D eigenvalue weighted by molar-refractivity contribution is 5.77. The molecule has 0 heterocycles. The van der Waals surface area contributed by atoms with E-state index < -0.39 is 0 Å². The lowest BCUT2D eigenvalue weighted by atomic mass is 9.32. The molecule has 0 aliphatic heterocycles. The Hall–Kier alpha value is -0.570. The molecule has 2 N–H and O–H groups in total. The zero-order chi connectivity index (χ0) is 9.97. The van der Waals surface area contributed by atoms with Crippen LogP contribution in [0.5, 0.6) is 0 Å². The molecule has 0 saturated heterocycles. The third kappa shape index (κ3) is 0.842. The highest BCUT2D eigenvalue weighted by Crippen LogP contribution is 2.80. The normalized spacial score (nSPS) is 46.1. The molecule has 4 aliphatic rings. The number of nitrogens with two attached hydrogens (primary N) is 1. The molecule has 3 heteroatoms. The van der Waals surface area contributed by atoms with Gasteiger partial charge in [-0.05, 0) is 48.9 Å². The summed E-state index contributed by atoms with van der Waals surface area (Å²) in [6, 6.07) is -0.367. The van der Waals surface area contributed by atoms with E-state index in [0.717, 1.165) is 5.92 Å². The number of hydrogen-bond donors (Lipinski definition) is 1. The maximum Gasteiger partial charge on any atom is 0.323 e. The molecule has 78 valence electrons. The van der Waals surface area contributed by atoms with Crippen LogP contribution in [0.25, 0.3) is 0 Å². The lowest BCUT2D eigenvalue weighted by Crippen LogP contribution is -2.71. The zero-order valence-electron chi connectivity index (χ0n) is 8.58. The fraction of sp³-hybridized carbons (Fsp3) is 0.909. The SMILES string of the molecule is COC(=O)C(N)C12CC(C3CC3)(C1)C2. The van der Waals surface area contributed by atoms with Gasteiger partial charge in [0.05, 0.1) is 7.11 Å². The molecule has 0 aromatic carbocycles. The molecule has 0 amide bonds. The first kappa shape index (κ1) is 8.72. The maximum absolute atomic E-state index is 11.3. The molecule has 4 fully saturated rings. The topological polar surface area (TPSA) is 52.3 Å². The van der Waals surface area contributed by atoms with Crippen LogP contribution in [0.3, 0.4) is 0 Å².